The average molecular weight is 303 g/mol. The first-order chi connectivity index (χ1) is 10.2. The molecule has 21 heavy (non-hydrogen) atoms. The first-order valence-electron chi connectivity index (χ1n) is 6.91. The molecule has 0 aliphatic heterocycles. The van der Waals surface area contributed by atoms with Crippen molar-refractivity contribution in [2.24, 2.45) is 0 Å². The highest BCUT2D eigenvalue weighted by atomic mass is 31.1. The van der Waals surface area contributed by atoms with E-state index in [9.17, 15) is 0 Å². The second-order valence-electron chi connectivity index (χ2n) is 5.07. The zero-order valence-corrected chi connectivity index (χ0v) is 13.8. The van der Waals surface area contributed by atoms with E-state index in [0.717, 1.165) is 12.3 Å². The Kier molecular flexibility index (Phi) is 6.19. The van der Waals surface area contributed by atoms with Crippen LogP contribution in [0.4, 0.5) is 0 Å². The fourth-order valence-corrected chi connectivity index (χ4v) is 3.34. The number of methoxy groups -OCH3 is 1. The monoisotopic (exact) mass is 303 g/mol. The highest BCUT2D eigenvalue weighted by Crippen LogP contribution is 2.21. The summed E-state index contributed by atoms with van der Waals surface area (Å²) in [6, 6.07) is 16.7. The molecular formula is C17H22NO2P. The summed E-state index contributed by atoms with van der Waals surface area (Å²) in [6.07, 6.45) is 0. The van der Waals surface area contributed by atoms with Gasteiger partial charge in [-0.05, 0) is 31.0 Å². The van der Waals surface area contributed by atoms with Gasteiger partial charge in [0, 0.05) is 19.0 Å². The first kappa shape index (κ1) is 16.0. The molecule has 2 rings (SSSR count). The van der Waals surface area contributed by atoms with E-state index in [1.807, 2.05) is 12.1 Å². The van der Waals surface area contributed by atoms with Crippen LogP contribution in [-0.4, -0.2) is 32.9 Å². The molecule has 2 aromatic rings. The van der Waals surface area contributed by atoms with Crippen molar-refractivity contribution in [2.45, 2.75) is 6.54 Å². The zero-order valence-electron chi connectivity index (χ0n) is 12.8. The summed E-state index contributed by atoms with van der Waals surface area (Å²) in [5, 5.41) is 2.57. The van der Waals surface area contributed by atoms with Gasteiger partial charge in [-0.3, -0.25) is 0 Å². The Morgan fingerprint density at radius 1 is 0.952 bits per heavy atom. The third kappa shape index (κ3) is 4.82. The van der Waals surface area contributed by atoms with Gasteiger partial charge >= 0.3 is 0 Å². The SMILES string of the molecule is COCOc1ccccc1Pc1ccccc1CN(C)C. The maximum atomic E-state index is 5.65. The summed E-state index contributed by atoms with van der Waals surface area (Å²) in [5.41, 5.74) is 1.36. The second-order valence-corrected chi connectivity index (χ2v) is 6.39. The van der Waals surface area contributed by atoms with E-state index in [1.165, 1.54) is 16.2 Å². The predicted octanol–water partition coefficient (Wildman–Crippen LogP) is 2.36. The standard InChI is InChI=1S/C17H22NO2P/c1-18(2)12-14-8-4-6-10-16(14)21-17-11-7-5-9-15(17)20-13-19-3/h4-11,21H,12-13H2,1-3H3. The molecule has 1 atom stereocenters. The molecule has 0 N–H and O–H groups in total. The minimum Gasteiger partial charge on any atom is -0.467 e. The van der Waals surface area contributed by atoms with Gasteiger partial charge in [-0.15, -0.1) is 0 Å². The molecule has 112 valence electrons. The molecule has 0 heterocycles. The smallest absolute Gasteiger partial charge is 0.188 e. The van der Waals surface area contributed by atoms with Crippen LogP contribution in [0.25, 0.3) is 0 Å². The van der Waals surface area contributed by atoms with Gasteiger partial charge in [-0.25, -0.2) is 0 Å². The summed E-state index contributed by atoms with van der Waals surface area (Å²) in [6.45, 7) is 1.23. The van der Waals surface area contributed by atoms with E-state index in [2.05, 4.69) is 55.4 Å². The molecular weight excluding hydrogens is 281 g/mol. The number of nitrogens with zero attached hydrogens (tertiary/aromatic N) is 1. The fourth-order valence-electron chi connectivity index (χ4n) is 2.08. The Hall–Kier alpha value is -1.41. The van der Waals surface area contributed by atoms with E-state index in [0.29, 0.717) is 8.58 Å². The Morgan fingerprint density at radius 3 is 2.33 bits per heavy atom. The van der Waals surface area contributed by atoms with Crippen molar-refractivity contribution in [1.82, 2.24) is 4.90 Å². The van der Waals surface area contributed by atoms with Gasteiger partial charge in [0.15, 0.2) is 6.79 Å². The number of rotatable bonds is 7. The second kappa shape index (κ2) is 8.14. The molecule has 0 aliphatic rings. The van der Waals surface area contributed by atoms with Crippen LogP contribution in [-0.2, 0) is 11.3 Å². The first-order valence-corrected chi connectivity index (χ1v) is 7.91. The fraction of sp³-hybridized carbons (Fsp3) is 0.294. The molecule has 0 radical (unpaired) electrons. The molecule has 2 aromatic carbocycles. The maximum Gasteiger partial charge on any atom is 0.188 e. The van der Waals surface area contributed by atoms with Crippen LogP contribution in [0.3, 0.4) is 0 Å². The molecule has 0 bridgehead atoms. The van der Waals surface area contributed by atoms with Crippen molar-refractivity contribution in [2.75, 3.05) is 28.0 Å². The lowest BCUT2D eigenvalue weighted by Gasteiger charge is -2.16. The molecule has 0 fully saturated rings. The normalized spacial score (nSPS) is 11.4. The van der Waals surface area contributed by atoms with Crippen molar-refractivity contribution in [3.05, 3.63) is 54.1 Å². The van der Waals surface area contributed by atoms with Crippen LogP contribution < -0.4 is 15.3 Å². The van der Waals surface area contributed by atoms with Crippen LogP contribution in [0, 0.1) is 0 Å². The van der Waals surface area contributed by atoms with E-state index in [4.69, 9.17) is 9.47 Å². The van der Waals surface area contributed by atoms with Gasteiger partial charge in [-0.1, -0.05) is 51.0 Å². The minimum atomic E-state index is 0.279. The molecule has 0 aliphatic carbocycles. The Labute approximate surface area is 128 Å². The van der Waals surface area contributed by atoms with Gasteiger partial charge in [0.1, 0.15) is 5.75 Å². The maximum absolute atomic E-state index is 5.65. The van der Waals surface area contributed by atoms with Crippen molar-refractivity contribution >= 4 is 19.2 Å². The summed E-state index contributed by atoms with van der Waals surface area (Å²) in [4.78, 5) is 2.19. The number of ether oxygens (including phenoxy) is 2. The molecule has 0 amide bonds. The number of hydrogen-bond acceptors (Lipinski definition) is 3. The highest BCUT2D eigenvalue weighted by molar-refractivity contribution is 7.55. The Bertz CT molecular complexity index is 572. The third-order valence-corrected chi connectivity index (χ3v) is 4.43. The molecule has 0 saturated carbocycles. The Balaban J connectivity index is 2.22. The van der Waals surface area contributed by atoms with Gasteiger partial charge in [0.2, 0.25) is 0 Å². The van der Waals surface area contributed by atoms with Crippen LogP contribution >= 0.6 is 8.58 Å². The lowest BCUT2D eigenvalue weighted by Crippen LogP contribution is -2.18. The van der Waals surface area contributed by atoms with Gasteiger partial charge in [0.25, 0.3) is 0 Å². The van der Waals surface area contributed by atoms with Crippen molar-refractivity contribution < 1.29 is 9.47 Å². The molecule has 3 nitrogen and oxygen atoms in total. The lowest BCUT2D eigenvalue weighted by atomic mass is 10.2. The highest BCUT2D eigenvalue weighted by Gasteiger charge is 2.08. The largest absolute Gasteiger partial charge is 0.467 e. The van der Waals surface area contributed by atoms with Crippen molar-refractivity contribution in [1.29, 1.82) is 0 Å². The molecule has 1 unspecified atom stereocenters. The van der Waals surface area contributed by atoms with Gasteiger partial charge in [-0.2, -0.15) is 0 Å². The minimum absolute atomic E-state index is 0.279. The van der Waals surface area contributed by atoms with Gasteiger partial charge in [0.05, 0.1) is 0 Å². The molecule has 4 heteroatoms. The van der Waals surface area contributed by atoms with E-state index in [-0.39, 0.29) is 6.79 Å². The molecule has 0 spiro atoms. The molecule has 0 aromatic heterocycles. The number of benzene rings is 2. The van der Waals surface area contributed by atoms with E-state index < -0.39 is 0 Å². The average Bonchev–Trinajstić information content (AvgIpc) is 2.48. The molecule has 0 saturated heterocycles. The van der Waals surface area contributed by atoms with Crippen LogP contribution in [0.2, 0.25) is 0 Å². The number of para-hydroxylation sites is 1. The summed E-state index contributed by atoms with van der Waals surface area (Å²) in [5.74, 6) is 0.900. The predicted molar refractivity (Wildman–Crippen MR) is 90.4 cm³/mol. The number of hydrogen-bond donors (Lipinski definition) is 0. The summed E-state index contributed by atoms with van der Waals surface area (Å²) < 4.78 is 10.7. The lowest BCUT2D eigenvalue weighted by molar-refractivity contribution is 0.0519. The zero-order chi connectivity index (χ0) is 15.1. The Morgan fingerprint density at radius 2 is 1.62 bits per heavy atom. The van der Waals surface area contributed by atoms with E-state index in [1.54, 1.807) is 7.11 Å². The van der Waals surface area contributed by atoms with Gasteiger partial charge < -0.3 is 14.4 Å². The summed E-state index contributed by atoms with van der Waals surface area (Å²) >= 11 is 0. The van der Waals surface area contributed by atoms with E-state index >= 15 is 0 Å². The van der Waals surface area contributed by atoms with Crippen molar-refractivity contribution in [3.63, 3.8) is 0 Å². The third-order valence-electron chi connectivity index (χ3n) is 2.99. The quantitative estimate of drug-likeness (QED) is 0.579. The van der Waals surface area contributed by atoms with Crippen LogP contribution in [0.15, 0.2) is 48.5 Å². The van der Waals surface area contributed by atoms with Crippen LogP contribution in [0.1, 0.15) is 5.56 Å². The van der Waals surface area contributed by atoms with Crippen molar-refractivity contribution in [3.8, 4) is 5.75 Å². The van der Waals surface area contributed by atoms with Crippen LogP contribution in [0.5, 0.6) is 5.75 Å². The topological polar surface area (TPSA) is 21.7 Å². The summed E-state index contributed by atoms with van der Waals surface area (Å²) in [7, 11) is 6.40.